The third-order valence-corrected chi connectivity index (χ3v) is 6.35. The van der Waals surface area contributed by atoms with Crippen molar-refractivity contribution in [3.05, 3.63) is 53.8 Å². The van der Waals surface area contributed by atoms with Crippen LogP contribution in [0.4, 0.5) is 4.79 Å². The summed E-state index contributed by atoms with van der Waals surface area (Å²) in [4.78, 5) is 26.5. The molecule has 1 saturated carbocycles. The summed E-state index contributed by atoms with van der Waals surface area (Å²) >= 11 is 0. The summed E-state index contributed by atoms with van der Waals surface area (Å²) in [5.74, 6) is -0.0845. The highest BCUT2D eigenvalue weighted by Crippen LogP contribution is 2.47. The smallest absolute Gasteiger partial charge is 0.413 e. The van der Waals surface area contributed by atoms with E-state index < -0.39 is 6.29 Å². The Morgan fingerprint density at radius 3 is 2.66 bits per heavy atom. The van der Waals surface area contributed by atoms with Crippen LogP contribution in [0, 0.1) is 17.8 Å². The molecule has 0 N–H and O–H groups in total. The van der Waals surface area contributed by atoms with Crippen LogP contribution in [0.2, 0.25) is 0 Å². The quantitative estimate of drug-likeness (QED) is 0.722. The second kappa shape index (κ2) is 8.31. The number of ether oxygens (including phenoxy) is 3. The van der Waals surface area contributed by atoms with Gasteiger partial charge in [-0.05, 0) is 36.3 Å². The highest BCUT2D eigenvalue weighted by Gasteiger charge is 2.48. The van der Waals surface area contributed by atoms with Crippen LogP contribution in [-0.4, -0.2) is 43.5 Å². The first-order valence-electron chi connectivity index (χ1n) is 10.2. The van der Waals surface area contributed by atoms with Gasteiger partial charge < -0.3 is 19.1 Å². The molecule has 2 aliphatic heterocycles. The van der Waals surface area contributed by atoms with Crippen LogP contribution in [0.15, 0.2) is 48.2 Å². The van der Waals surface area contributed by atoms with Gasteiger partial charge in [0.1, 0.15) is 0 Å². The van der Waals surface area contributed by atoms with Crippen molar-refractivity contribution in [1.82, 2.24) is 4.90 Å². The molecular formula is C23H27NO5. The van der Waals surface area contributed by atoms with E-state index in [2.05, 4.69) is 25.1 Å². The summed E-state index contributed by atoms with van der Waals surface area (Å²) in [6.45, 7) is 3.24. The summed E-state index contributed by atoms with van der Waals surface area (Å²) in [5, 5.41) is 0. The molecule has 0 spiro atoms. The monoisotopic (exact) mass is 397 g/mol. The van der Waals surface area contributed by atoms with Gasteiger partial charge in [0.15, 0.2) is 0 Å². The largest absolute Gasteiger partial charge is 0.466 e. The second-order valence-electron chi connectivity index (χ2n) is 7.98. The first-order chi connectivity index (χ1) is 14.1. The molecular weight excluding hydrogens is 370 g/mol. The molecule has 1 aliphatic carbocycles. The number of hydrogen-bond acceptors (Lipinski definition) is 5. The fourth-order valence-electron chi connectivity index (χ4n) is 4.71. The Kier molecular flexibility index (Phi) is 5.60. The number of nitrogens with zero attached hydrogens (tertiary/aromatic N) is 1. The van der Waals surface area contributed by atoms with E-state index in [1.165, 1.54) is 24.5 Å². The van der Waals surface area contributed by atoms with Gasteiger partial charge in [-0.25, -0.2) is 9.59 Å². The predicted molar refractivity (Wildman–Crippen MR) is 107 cm³/mol. The Bertz CT molecular complexity index is 831. The molecule has 29 heavy (non-hydrogen) atoms. The SMILES string of the molecule is COC(=O)C1=COC(OC(=O)N2CC=C(c3ccccc3)CC2)C2C(C)CCC12. The number of carbonyl (C=O) groups is 2. The van der Waals surface area contributed by atoms with Gasteiger partial charge in [0.05, 0.1) is 18.9 Å². The topological polar surface area (TPSA) is 65.1 Å². The van der Waals surface area contributed by atoms with E-state index in [0.717, 1.165) is 19.3 Å². The number of amides is 1. The van der Waals surface area contributed by atoms with Crippen molar-refractivity contribution in [2.45, 2.75) is 32.5 Å². The average molecular weight is 397 g/mol. The summed E-state index contributed by atoms with van der Waals surface area (Å²) in [5.41, 5.74) is 2.99. The minimum Gasteiger partial charge on any atom is -0.466 e. The van der Waals surface area contributed by atoms with Crippen LogP contribution >= 0.6 is 0 Å². The van der Waals surface area contributed by atoms with Gasteiger partial charge in [-0.15, -0.1) is 0 Å². The maximum atomic E-state index is 12.8. The van der Waals surface area contributed by atoms with E-state index >= 15 is 0 Å². The highest BCUT2D eigenvalue weighted by atomic mass is 16.7. The third kappa shape index (κ3) is 3.88. The molecule has 1 amide bonds. The Balaban J connectivity index is 1.42. The number of rotatable bonds is 3. The molecule has 1 aromatic carbocycles. The van der Waals surface area contributed by atoms with Gasteiger partial charge in [-0.2, -0.15) is 0 Å². The molecule has 1 fully saturated rings. The molecule has 6 heteroatoms. The van der Waals surface area contributed by atoms with E-state index in [1.807, 2.05) is 18.2 Å². The Morgan fingerprint density at radius 2 is 1.97 bits per heavy atom. The second-order valence-corrected chi connectivity index (χ2v) is 7.98. The van der Waals surface area contributed by atoms with Crippen molar-refractivity contribution in [3.8, 4) is 0 Å². The zero-order chi connectivity index (χ0) is 20.4. The summed E-state index contributed by atoms with van der Waals surface area (Å²) in [6, 6.07) is 10.2. The molecule has 0 saturated heterocycles. The van der Waals surface area contributed by atoms with E-state index in [-0.39, 0.29) is 23.9 Å². The van der Waals surface area contributed by atoms with Crippen LogP contribution in [0.3, 0.4) is 0 Å². The van der Waals surface area contributed by atoms with Gasteiger partial charge in [-0.1, -0.05) is 43.3 Å². The van der Waals surface area contributed by atoms with Gasteiger partial charge in [0.25, 0.3) is 0 Å². The third-order valence-electron chi connectivity index (χ3n) is 6.35. The normalized spacial score (nSPS) is 28.6. The molecule has 0 aromatic heterocycles. The molecule has 154 valence electrons. The van der Waals surface area contributed by atoms with Crippen molar-refractivity contribution < 1.29 is 23.8 Å². The van der Waals surface area contributed by atoms with Crippen LogP contribution in [0.25, 0.3) is 5.57 Å². The first kappa shape index (κ1) is 19.6. The highest BCUT2D eigenvalue weighted by molar-refractivity contribution is 5.89. The zero-order valence-electron chi connectivity index (χ0n) is 16.9. The number of fused-ring (bicyclic) bond motifs is 1. The van der Waals surface area contributed by atoms with Crippen LogP contribution in [0.1, 0.15) is 31.7 Å². The van der Waals surface area contributed by atoms with E-state index in [0.29, 0.717) is 24.6 Å². The van der Waals surface area contributed by atoms with Crippen molar-refractivity contribution in [2.24, 2.45) is 17.8 Å². The average Bonchev–Trinajstić information content (AvgIpc) is 3.16. The molecule has 3 aliphatic rings. The Morgan fingerprint density at radius 1 is 1.17 bits per heavy atom. The number of hydrogen-bond donors (Lipinski definition) is 0. The van der Waals surface area contributed by atoms with Crippen molar-refractivity contribution >= 4 is 17.6 Å². The van der Waals surface area contributed by atoms with Gasteiger partial charge in [0.2, 0.25) is 6.29 Å². The maximum absolute atomic E-state index is 12.8. The van der Waals surface area contributed by atoms with Crippen molar-refractivity contribution in [2.75, 3.05) is 20.2 Å². The minimum absolute atomic E-state index is 0.00920. The van der Waals surface area contributed by atoms with Crippen molar-refractivity contribution in [3.63, 3.8) is 0 Å². The lowest BCUT2D eigenvalue weighted by Crippen LogP contribution is -2.43. The molecule has 1 aromatic rings. The van der Waals surface area contributed by atoms with Gasteiger partial charge in [0, 0.05) is 24.9 Å². The Labute approximate surface area is 171 Å². The molecule has 0 radical (unpaired) electrons. The fraction of sp³-hybridized carbons (Fsp3) is 0.478. The lowest BCUT2D eigenvalue weighted by atomic mass is 9.83. The fourth-order valence-corrected chi connectivity index (χ4v) is 4.71. The van der Waals surface area contributed by atoms with E-state index in [9.17, 15) is 9.59 Å². The zero-order valence-corrected chi connectivity index (χ0v) is 16.9. The molecule has 4 rings (SSSR count). The lowest BCUT2D eigenvalue weighted by Gasteiger charge is -2.36. The lowest BCUT2D eigenvalue weighted by molar-refractivity contribution is -0.147. The van der Waals surface area contributed by atoms with Gasteiger partial charge in [-0.3, -0.25) is 0 Å². The van der Waals surface area contributed by atoms with E-state index in [4.69, 9.17) is 14.2 Å². The minimum atomic E-state index is -0.669. The van der Waals surface area contributed by atoms with Crippen LogP contribution < -0.4 is 0 Å². The number of esters is 1. The molecule has 4 atom stereocenters. The Hall–Kier alpha value is -2.76. The number of methoxy groups -OCH3 is 1. The standard InChI is InChI=1S/C23H27NO5/c1-15-8-9-18-19(21(25)27-2)14-28-22(20(15)18)29-23(26)24-12-10-17(11-13-24)16-6-4-3-5-7-16/h3-7,10,14-15,18,20,22H,8-9,11-13H2,1-2H3. The summed E-state index contributed by atoms with van der Waals surface area (Å²) in [6.07, 6.45) is 5.10. The molecule has 2 heterocycles. The number of benzene rings is 1. The summed E-state index contributed by atoms with van der Waals surface area (Å²) in [7, 11) is 1.37. The van der Waals surface area contributed by atoms with Crippen molar-refractivity contribution in [1.29, 1.82) is 0 Å². The predicted octanol–water partition coefficient (Wildman–Crippen LogP) is 3.99. The molecule has 6 nitrogen and oxygen atoms in total. The van der Waals surface area contributed by atoms with E-state index in [1.54, 1.807) is 4.90 Å². The van der Waals surface area contributed by atoms with Crippen LogP contribution in [-0.2, 0) is 19.0 Å². The number of carbonyl (C=O) groups excluding carboxylic acids is 2. The van der Waals surface area contributed by atoms with Crippen LogP contribution in [0.5, 0.6) is 0 Å². The maximum Gasteiger partial charge on any atom is 0.413 e. The molecule has 4 unspecified atom stereocenters. The van der Waals surface area contributed by atoms with Gasteiger partial charge >= 0.3 is 12.1 Å². The molecule has 0 bridgehead atoms. The summed E-state index contributed by atoms with van der Waals surface area (Å²) < 4.78 is 16.3. The first-order valence-corrected chi connectivity index (χ1v) is 10.2.